The number of aromatic nitrogens is 2. The second kappa shape index (κ2) is 12.1. The lowest BCUT2D eigenvalue weighted by Crippen LogP contribution is -2.42. The minimum Gasteiger partial charge on any atom is -0.492 e. The molecule has 3 heterocycles. The molecule has 2 saturated heterocycles. The number of hydrogen-bond acceptors (Lipinski definition) is 4. The van der Waals surface area contributed by atoms with E-state index in [1.807, 2.05) is 23.1 Å². The van der Waals surface area contributed by atoms with E-state index < -0.39 is 6.04 Å². The molecule has 1 unspecified atom stereocenters. The first-order valence-corrected chi connectivity index (χ1v) is 14.0. The summed E-state index contributed by atoms with van der Waals surface area (Å²) in [6.07, 6.45) is 7.68. The number of piperidine rings is 1. The lowest BCUT2D eigenvalue weighted by molar-refractivity contribution is -0.134. The van der Waals surface area contributed by atoms with Gasteiger partial charge in [-0.05, 0) is 80.6 Å². The summed E-state index contributed by atoms with van der Waals surface area (Å²) in [6, 6.07) is 12.3. The third-order valence-electron chi connectivity index (χ3n) is 7.37. The molecule has 0 bridgehead atoms. The second-order valence-corrected chi connectivity index (χ2v) is 11.0. The summed E-state index contributed by atoms with van der Waals surface area (Å²) in [7, 11) is 0. The summed E-state index contributed by atoms with van der Waals surface area (Å²) >= 11 is 19.0. The van der Waals surface area contributed by atoms with Crippen LogP contribution in [0.3, 0.4) is 0 Å². The van der Waals surface area contributed by atoms with E-state index in [-0.39, 0.29) is 5.91 Å². The summed E-state index contributed by atoms with van der Waals surface area (Å²) in [4.78, 5) is 18.1. The maximum atomic E-state index is 13.8. The molecule has 196 valence electrons. The van der Waals surface area contributed by atoms with E-state index in [9.17, 15) is 4.79 Å². The van der Waals surface area contributed by atoms with Crippen LogP contribution in [0.2, 0.25) is 15.1 Å². The molecular formula is C28H31Cl3N4O2. The summed E-state index contributed by atoms with van der Waals surface area (Å²) in [6.45, 7) is 5.17. The molecule has 0 saturated carbocycles. The molecule has 1 amide bonds. The molecule has 0 radical (unpaired) electrons. The van der Waals surface area contributed by atoms with Crippen LogP contribution in [0.4, 0.5) is 0 Å². The predicted molar refractivity (Wildman–Crippen MR) is 148 cm³/mol. The van der Waals surface area contributed by atoms with Gasteiger partial charge in [-0.15, -0.1) is 0 Å². The largest absolute Gasteiger partial charge is 0.492 e. The molecule has 2 fully saturated rings. The highest BCUT2D eigenvalue weighted by molar-refractivity contribution is 6.35. The van der Waals surface area contributed by atoms with Crippen molar-refractivity contribution in [3.05, 3.63) is 81.1 Å². The minimum absolute atomic E-state index is 0.0236. The van der Waals surface area contributed by atoms with Gasteiger partial charge in [0.05, 0.1) is 0 Å². The van der Waals surface area contributed by atoms with Gasteiger partial charge in [-0.25, -0.2) is 0 Å². The van der Waals surface area contributed by atoms with Crippen molar-refractivity contribution in [1.29, 1.82) is 0 Å². The van der Waals surface area contributed by atoms with Gasteiger partial charge in [-0.1, -0.05) is 46.9 Å². The fourth-order valence-corrected chi connectivity index (χ4v) is 6.06. The SMILES string of the molecule is O=C(C(c1ccc(Cl)cc1Cl)n1cccn1)N1CCC(c2ccc(Cl)cc2OCCN2CCCC2)CC1. The highest BCUT2D eigenvalue weighted by Crippen LogP contribution is 2.37. The van der Waals surface area contributed by atoms with E-state index in [1.54, 1.807) is 35.3 Å². The Morgan fingerprint density at radius 3 is 2.43 bits per heavy atom. The second-order valence-electron chi connectivity index (χ2n) is 9.73. The summed E-state index contributed by atoms with van der Waals surface area (Å²) in [5.41, 5.74) is 1.86. The fourth-order valence-electron chi connectivity index (χ4n) is 5.39. The molecule has 9 heteroatoms. The predicted octanol–water partition coefficient (Wildman–Crippen LogP) is 6.31. The Morgan fingerprint density at radius 2 is 1.73 bits per heavy atom. The Morgan fingerprint density at radius 1 is 1.00 bits per heavy atom. The van der Waals surface area contributed by atoms with E-state index in [0.29, 0.717) is 46.2 Å². The van der Waals surface area contributed by atoms with Crippen LogP contribution in [-0.4, -0.2) is 64.8 Å². The Labute approximate surface area is 233 Å². The van der Waals surface area contributed by atoms with Crippen molar-refractivity contribution >= 4 is 40.7 Å². The number of amides is 1. The number of benzene rings is 2. The number of hydrogen-bond donors (Lipinski definition) is 0. The molecular weight excluding hydrogens is 531 g/mol. The monoisotopic (exact) mass is 560 g/mol. The zero-order valence-corrected chi connectivity index (χ0v) is 22.9. The van der Waals surface area contributed by atoms with Crippen LogP contribution >= 0.6 is 34.8 Å². The van der Waals surface area contributed by atoms with E-state index in [0.717, 1.165) is 38.2 Å². The summed E-state index contributed by atoms with van der Waals surface area (Å²) < 4.78 is 7.89. The van der Waals surface area contributed by atoms with Crippen LogP contribution in [0.25, 0.3) is 0 Å². The molecule has 2 aliphatic heterocycles. The van der Waals surface area contributed by atoms with Crippen LogP contribution in [0.5, 0.6) is 5.75 Å². The van der Waals surface area contributed by atoms with Gasteiger partial charge in [0.2, 0.25) is 0 Å². The standard InChI is InChI=1S/C28H31Cl3N4O2/c29-21-5-7-24(25(31)18-21)27(35-13-3-10-32-35)28(36)34-14-8-20(9-15-34)23-6-4-22(30)19-26(23)37-17-16-33-11-1-2-12-33/h3-7,10,13,18-20,27H,1-2,8-9,11-12,14-17H2. The Kier molecular flexibility index (Phi) is 8.60. The Bertz CT molecular complexity index is 1210. The fraction of sp³-hybridized carbons (Fsp3) is 0.429. The van der Waals surface area contributed by atoms with Crippen molar-refractivity contribution in [2.45, 2.75) is 37.6 Å². The van der Waals surface area contributed by atoms with Gasteiger partial charge in [0, 0.05) is 52.7 Å². The van der Waals surface area contributed by atoms with E-state index in [1.165, 1.54) is 18.4 Å². The quantitative estimate of drug-likeness (QED) is 0.323. The number of rotatable bonds is 8. The lowest BCUT2D eigenvalue weighted by atomic mass is 9.88. The Hall–Kier alpha value is -2.25. The van der Waals surface area contributed by atoms with E-state index in [4.69, 9.17) is 39.5 Å². The third kappa shape index (κ3) is 6.26. The van der Waals surface area contributed by atoms with Crippen molar-refractivity contribution in [2.24, 2.45) is 0 Å². The maximum Gasteiger partial charge on any atom is 0.252 e. The first-order valence-electron chi connectivity index (χ1n) is 12.9. The van der Waals surface area contributed by atoms with Gasteiger partial charge < -0.3 is 9.64 Å². The molecule has 1 aromatic heterocycles. The first kappa shape index (κ1) is 26.4. The highest BCUT2D eigenvalue weighted by Gasteiger charge is 2.33. The van der Waals surface area contributed by atoms with Crippen LogP contribution in [0.1, 0.15) is 48.8 Å². The number of nitrogens with zero attached hydrogens (tertiary/aromatic N) is 4. The van der Waals surface area contributed by atoms with Crippen molar-refractivity contribution in [3.63, 3.8) is 0 Å². The first-order chi connectivity index (χ1) is 18.0. The van der Waals surface area contributed by atoms with Crippen LogP contribution in [0, 0.1) is 0 Å². The van der Waals surface area contributed by atoms with Crippen LogP contribution in [0.15, 0.2) is 54.9 Å². The molecule has 0 N–H and O–H groups in total. The van der Waals surface area contributed by atoms with Crippen LogP contribution in [-0.2, 0) is 4.79 Å². The third-order valence-corrected chi connectivity index (χ3v) is 8.16. The molecule has 1 atom stereocenters. The number of likely N-dealkylation sites (tertiary alicyclic amines) is 2. The molecule has 6 nitrogen and oxygen atoms in total. The molecule has 3 aromatic rings. The zero-order valence-electron chi connectivity index (χ0n) is 20.7. The van der Waals surface area contributed by atoms with Crippen molar-refractivity contribution < 1.29 is 9.53 Å². The minimum atomic E-state index is -0.642. The van der Waals surface area contributed by atoms with Crippen molar-refractivity contribution in [2.75, 3.05) is 39.3 Å². The van der Waals surface area contributed by atoms with E-state index >= 15 is 0 Å². The molecule has 37 heavy (non-hydrogen) atoms. The van der Waals surface area contributed by atoms with Crippen molar-refractivity contribution in [1.82, 2.24) is 19.6 Å². The molecule has 5 rings (SSSR count). The molecule has 2 aliphatic rings. The zero-order chi connectivity index (χ0) is 25.8. The summed E-state index contributed by atoms with van der Waals surface area (Å²) in [5, 5.41) is 6.01. The Balaban J connectivity index is 1.27. The van der Waals surface area contributed by atoms with Gasteiger partial charge in [0.1, 0.15) is 12.4 Å². The van der Waals surface area contributed by atoms with Gasteiger partial charge >= 0.3 is 0 Å². The molecule has 2 aromatic carbocycles. The molecule has 0 spiro atoms. The summed E-state index contributed by atoms with van der Waals surface area (Å²) in [5.74, 6) is 1.13. The average Bonchev–Trinajstić information content (AvgIpc) is 3.61. The van der Waals surface area contributed by atoms with Gasteiger partial charge in [-0.2, -0.15) is 5.10 Å². The number of halogens is 3. The average molecular weight is 562 g/mol. The van der Waals surface area contributed by atoms with Crippen molar-refractivity contribution in [3.8, 4) is 5.75 Å². The lowest BCUT2D eigenvalue weighted by Gasteiger charge is -2.35. The van der Waals surface area contributed by atoms with Gasteiger partial charge in [0.25, 0.3) is 5.91 Å². The number of carbonyl (C=O) groups is 1. The topological polar surface area (TPSA) is 50.6 Å². The molecule has 0 aliphatic carbocycles. The van der Waals surface area contributed by atoms with Gasteiger partial charge in [0.15, 0.2) is 6.04 Å². The maximum absolute atomic E-state index is 13.8. The van der Waals surface area contributed by atoms with E-state index in [2.05, 4.69) is 16.1 Å². The van der Waals surface area contributed by atoms with Gasteiger partial charge in [-0.3, -0.25) is 14.4 Å². The number of ether oxygens (including phenoxy) is 1. The number of carbonyl (C=O) groups excluding carboxylic acids is 1. The normalized spacial score (nSPS) is 17.8. The van der Waals surface area contributed by atoms with Crippen LogP contribution < -0.4 is 4.74 Å². The highest BCUT2D eigenvalue weighted by atomic mass is 35.5. The smallest absolute Gasteiger partial charge is 0.252 e.